The SMILES string of the molecule is O=[N+]([O-])c1ccc(NS(=O)(=O)c2ccc(Cl)cc2)c(CS(=O)(=O)c2ccc(Cl)cc2)c1. The van der Waals surface area contributed by atoms with Crippen molar-refractivity contribution in [3.63, 3.8) is 0 Å². The highest BCUT2D eigenvalue weighted by Gasteiger charge is 2.23. The monoisotopic (exact) mass is 500 g/mol. The van der Waals surface area contributed by atoms with Crippen molar-refractivity contribution in [2.75, 3.05) is 4.72 Å². The van der Waals surface area contributed by atoms with Gasteiger partial charge in [-0.3, -0.25) is 14.8 Å². The number of hydrogen-bond donors (Lipinski definition) is 1. The second-order valence-corrected chi connectivity index (χ2v) is 10.9. The summed E-state index contributed by atoms with van der Waals surface area (Å²) in [4.78, 5) is 10.3. The zero-order valence-electron chi connectivity index (χ0n) is 15.5. The lowest BCUT2D eigenvalue weighted by Gasteiger charge is -2.13. The van der Waals surface area contributed by atoms with Crippen molar-refractivity contribution in [1.82, 2.24) is 0 Å². The van der Waals surface area contributed by atoms with E-state index in [1.807, 2.05) is 0 Å². The minimum absolute atomic E-state index is 0.0603. The first-order valence-electron chi connectivity index (χ1n) is 8.52. The van der Waals surface area contributed by atoms with Crippen LogP contribution in [0.5, 0.6) is 0 Å². The molecular formula is C19H14Cl2N2O6S2. The summed E-state index contributed by atoms with van der Waals surface area (Å²) in [5, 5.41) is 11.8. The molecule has 0 aliphatic heterocycles. The molecule has 3 aromatic rings. The number of sulfone groups is 1. The Morgan fingerprint density at radius 2 is 1.32 bits per heavy atom. The maximum absolute atomic E-state index is 12.8. The smallest absolute Gasteiger partial charge is 0.269 e. The minimum atomic E-state index is -4.10. The number of non-ortho nitro benzene ring substituents is 1. The van der Waals surface area contributed by atoms with Gasteiger partial charge in [-0.2, -0.15) is 0 Å². The van der Waals surface area contributed by atoms with Crippen molar-refractivity contribution < 1.29 is 21.8 Å². The Balaban J connectivity index is 2.02. The molecule has 3 aromatic carbocycles. The van der Waals surface area contributed by atoms with Crippen LogP contribution in [0.15, 0.2) is 76.5 Å². The molecule has 3 rings (SSSR count). The van der Waals surface area contributed by atoms with Crippen LogP contribution in [-0.4, -0.2) is 21.8 Å². The van der Waals surface area contributed by atoms with Crippen LogP contribution in [0.25, 0.3) is 0 Å². The largest absolute Gasteiger partial charge is 0.279 e. The highest BCUT2D eigenvalue weighted by atomic mass is 35.5. The lowest BCUT2D eigenvalue weighted by atomic mass is 10.2. The fraction of sp³-hybridized carbons (Fsp3) is 0.0526. The Labute approximate surface area is 188 Å². The van der Waals surface area contributed by atoms with E-state index in [9.17, 15) is 26.9 Å². The molecule has 1 N–H and O–H groups in total. The van der Waals surface area contributed by atoms with Crippen molar-refractivity contribution in [1.29, 1.82) is 0 Å². The molecule has 12 heteroatoms. The van der Waals surface area contributed by atoms with Gasteiger partial charge in [-0.15, -0.1) is 0 Å². The number of sulfonamides is 1. The van der Waals surface area contributed by atoms with E-state index in [4.69, 9.17) is 23.2 Å². The summed E-state index contributed by atoms with van der Waals surface area (Å²) in [6, 6.07) is 14.0. The lowest BCUT2D eigenvalue weighted by molar-refractivity contribution is -0.384. The molecule has 0 aromatic heterocycles. The highest BCUT2D eigenvalue weighted by Crippen LogP contribution is 2.29. The molecule has 0 radical (unpaired) electrons. The highest BCUT2D eigenvalue weighted by molar-refractivity contribution is 7.92. The first kappa shape index (κ1) is 23.0. The van der Waals surface area contributed by atoms with Crippen LogP contribution >= 0.6 is 23.2 Å². The number of rotatable bonds is 7. The molecule has 0 heterocycles. The van der Waals surface area contributed by atoms with Crippen molar-refractivity contribution in [2.45, 2.75) is 15.5 Å². The Hall–Kier alpha value is -2.66. The van der Waals surface area contributed by atoms with E-state index in [0.29, 0.717) is 10.0 Å². The van der Waals surface area contributed by atoms with Gasteiger partial charge in [0.1, 0.15) is 0 Å². The third kappa shape index (κ3) is 5.53. The van der Waals surface area contributed by atoms with Crippen LogP contribution < -0.4 is 4.72 Å². The summed E-state index contributed by atoms with van der Waals surface area (Å²) < 4.78 is 53.3. The number of benzene rings is 3. The van der Waals surface area contributed by atoms with Crippen molar-refractivity contribution in [3.8, 4) is 0 Å². The molecule has 162 valence electrons. The van der Waals surface area contributed by atoms with Gasteiger partial charge in [0.05, 0.1) is 26.2 Å². The van der Waals surface area contributed by atoms with Crippen LogP contribution in [0.3, 0.4) is 0 Å². The molecule has 0 aliphatic rings. The zero-order valence-corrected chi connectivity index (χ0v) is 18.7. The zero-order chi connectivity index (χ0) is 22.8. The molecule has 0 aliphatic carbocycles. The van der Waals surface area contributed by atoms with Crippen LogP contribution in [0.1, 0.15) is 5.56 Å². The fourth-order valence-corrected chi connectivity index (χ4v) is 5.38. The minimum Gasteiger partial charge on any atom is -0.279 e. The number of anilines is 1. The predicted octanol–water partition coefficient (Wildman–Crippen LogP) is 4.68. The van der Waals surface area contributed by atoms with Crippen molar-refractivity contribution in [2.24, 2.45) is 0 Å². The molecule has 0 amide bonds. The van der Waals surface area contributed by atoms with E-state index in [2.05, 4.69) is 4.72 Å². The third-order valence-corrected chi connectivity index (χ3v) is 7.75. The van der Waals surface area contributed by atoms with Gasteiger partial charge >= 0.3 is 0 Å². The summed E-state index contributed by atoms with van der Waals surface area (Å²) >= 11 is 11.6. The van der Waals surface area contributed by atoms with E-state index in [0.717, 1.165) is 18.2 Å². The van der Waals surface area contributed by atoms with Gasteiger partial charge in [0.25, 0.3) is 15.7 Å². The first-order chi connectivity index (χ1) is 14.5. The maximum Gasteiger partial charge on any atom is 0.269 e. The fourth-order valence-electron chi connectivity index (χ4n) is 2.66. The van der Waals surface area contributed by atoms with E-state index in [-0.39, 0.29) is 26.7 Å². The van der Waals surface area contributed by atoms with Crippen LogP contribution in [0.2, 0.25) is 10.0 Å². The molecule has 0 unspecified atom stereocenters. The van der Waals surface area contributed by atoms with Gasteiger partial charge in [0.15, 0.2) is 9.84 Å². The van der Waals surface area contributed by atoms with Crippen LogP contribution in [0, 0.1) is 10.1 Å². The molecule has 0 saturated carbocycles. The van der Waals surface area contributed by atoms with Crippen LogP contribution in [0.4, 0.5) is 11.4 Å². The lowest BCUT2D eigenvalue weighted by Crippen LogP contribution is -2.15. The Morgan fingerprint density at radius 3 is 1.84 bits per heavy atom. The Bertz CT molecular complexity index is 1340. The van der Waals surface area contributed by atoms with Crippen molar-refractivity contribution >= 4 is 54.4 Å². The molecule has 0 fully saturated rings. The van der Waals surface area contributed by atoms with Gasteiger partial charge in [-0.1, -0.05) is 23.2 Å². The summed E-state index contributed by atoms with van der Waals surface area (Å²) in [5.41, 5.74) is -0.560. The second kappa shape index (κ2) is 8.83. The number of nitrogens with zero attached hydrogens (tertiary/aromatic N) is 1. The number of hydrogen-bond acceptors (Lipinski definition) is 6. The van der Waals surface area contributed by atoms with E-state index >= 15 is 0 Å². The summed E-state index contributed by atoms with van der Waals surface area (Å²) in [5.74, 6) is -0.672. The van der Waals surface area contributed by atoms with Gasteiger partial charge in [0, 0.05) is 22.2 Å². The average Bonchev–Trinajstić information content (AvgIpc) is 2.69. The predicted molar refractivity (Wildman–Crippen MR) is 118 cm³/mol. The van der Waals surface area contributed by atoms with Crippen molar-refractivity contribution in [3.05, 3.63) is 92.5 Å². The van der Waals surface area contributed by atoms with Gasteiger partial charge in [-0.25, -0.2) is 16.8 Å². The van der Waals surface area contributed by atoms with Gasteiger partial charge < -0.3 is 0 Å². The Kier molecular flexibility index (Phi) is 6.56. The summed E-state index contributed by atoms with van der Waals surface area (Å²) in [6.07, 6.45) is 0. The second-order valence-electron chi connectivity index (χ2n) is 6.37. The number of nitro groups is 1. The van der Waals surface area contributed by atoms with Crippen LogP contribution in [-0.2, 0) is 25.6 Å². The molecule has 31 heavy (non-hydrogen) atoms. The molecule has 8 nitrogen and oxygen atoms in total. The summed E-state index contributed by atoms with van der Waals surface area (Å²) in [6.45, 7) is 0. The van der Waals surface area contributed by atoms with E-state index < -0.39 is 30.5 Å². The first-order valence-corrected chi connectivity index (χ1v) is 12.4. The van der Waals surface area contributed by atoms with Gasteiger partial charge in [0.2, 0.25) is 0 Å². The third-order valence-electron chi connectivity index (χ3n) is 4.19. The quantitative estimate of drug-likeness (QED) is 0.371. The molecule has 0 atom stereocenters. The molecule has 0 bridgehead atoms. The number of nitrogens with one attached hydrogen (secondary N) is 1. The topological polar surface area (TPSA) is 123 Å². The molecule has 0 saturated heterocycles. The van der Waals surface area contributed by atoms with Gasteiger partial charge in [-0.05, 0) is 60.2 Å². The van der Waals surface area contributed by atoms with E-state index in [1.165, 1.54) is 48.5 Å². The Morgan fingerprint density at radius 1 is 0.806 bits per heavy atom. The standard InChI is InChI=1S/C19H14Cl2N2O6S2/c20-14-1-6-17(7-2-14)30(26,27)12-13-11-16(23(24)25)5-10-19(13)22-31(28,29)18-8-3-15(21)4-9-18/h1-11,22H,12H2. The molecular weight excluding hydrogens is 487 g/mol. The number of nitro benzene ring substituents is 1. The van der Waals surface area contributed by atoms with E-state index in [1.54, 1.807) is 0 Å². The summed E-state index contributed by atoms with van der Waals surface area (Å²) in [7, 11) is -8.06. The maximum atomic E-state index is 12.8. The average molecular weight is 501 g/mol. The number of halogens is 2. The molecule has 0 spiro atoms. The normalized spacial score (nSPS) is 11.8.